The Hall–Kier alpha value is -1.01. The molecule has 0 N–H and O–H groups in total. The molecule has 0 unspecified atom stereocenters. The zero-order valence-electron chi connectivity index (χ0n) is 10.2. The van der Waals surface area contributed by atoms with Crippen LogP contribution in [-0.4, -0.2) is 35.4 Å². The molecule has 18 heavy (non-hydrogen) atoms. The molecule has 1 aromatic heterocycles. The van der Waals surface area contributed by atoms with E-state index >= 15 is 0 Å². The third kappa shape index (κ3) is 3.05. The Morgan fingerprint density at radius 2 is 2.28 bits per heavy atom. The van der Waals surface area contributed by atoms with Crippen LogP contribution < -0.4 is 0 Å². The molecule has 1 aliphatic heterocycles. The molecular formula is C12H15NO3S2. The molecule has 0 saturated carbocycles. The predicted octanol–water partition coefficient (Wildman–Crippen LogP) is 2.68. The summed E-state index contributed by atoms with van der Waals surface area (Å²) < 4.78 is 10.7. The van der Waals surface area contributed by atoms with E-state index in [4.69, 9.17) is 16.6 Å². The van der Waals surface area contributed by atoms with Gasteiger partial charge in [-0.3, -0.25) is 0 Å². The van der Waals surface area contributed by atoms with Gasteiger partial charge in [0.1, 0.15) is 4.32 Å². The van der Waals surface area contributed by atoms with E-state index in [0.717, 1.165) is 23.0 Å². The molecule has 0 radical (unpaired) electrons. The lowest BCUT2D eigenvalue weighted by molar-refractivity contribution is 0.0564. The largest absolute Gasteiger partial charge is 0.463 e. The smallest absolute Gasteiger partial charge is 0.374 e. The normalized spacial score (nSPS) is 14.8. The number of rotatable bonds is 3. The van der Waals surface area contributed by atoms with Crippen LogP contribution in [0.3, 0.4) is 0 Å². The van der Waals surface area contributed by atoms with Crippen molar-refractivity contribution in [3.63, 3.8) is 0 Å². The van der Waals surface area contributed by atoms with Gasteiger partial charge in [-0.15, -0.1) is 0 Å². The number of methoxy groups -OCH3 is 1. The maximum Gasteiger partial charge on any atom is 0.374 e. The van der Waals surface area contributed by atoms with Gasteiger partial charge in [-0.2, -0.15) is 0 Å². The Morgan fingerprint density at radius 1 is 1.56 bits per heavy atom. The minimum Gasteiger partial charge on any atom is -0.463 e. The number of ether oxygens (including phenoxy) is 1. The lowest BCUT2D eigenvalue weighted by Crippen LogP contribution is -2.23. The lowest BCUT2D eigenvalue weighted by atomic mass is 10.3. The molecule has 0 atom stereocenters. The average Bonchev–Trinajstić information content (AvgIpc) is 3.05. The van der Waals surface area contributed by atoms with E-state index in [1.54, 1.807) is 17.8 Å². The maximum atomic E-state index is 11.4. The third-order valence-electron chi connectivity index (χ3n) is 2.83. The van der Waals surface area contributed by atoms with Crippen molar-refractivity contribution in [1.82, 2.24) is 4.90 Å². The summed E-state index contributed by atoms with van der Waals surface area (Å²) in [6.07, 6.45) is 3.92. The molecule has 0 spiro atoms. The zero-order chi connectivity index (χ0) is 13.0. The van der Waals surface area contributed by atoms with Crippen molar-refractivity contribution in [3.05, 3.63) is 23.7 Å². The number of hydrogen-bond acceptors (Lipinski definition) is 5. The SMILES string of the molecule is COC(=O)c1occc1CSC(=S)N1CCCC1. The monoisotopic (exact) mass is 285 g/mol. The Kier molecular flexibility index (Phi) is 4.66. The molecule has 0 amide bonds. The Balaban J connectivity index is 1.91. The van der Waals surface area contributed by atoms with Crippen LogP contribution in [0.4, 0.5) is 0 Å². The van der Waals surface area contributed by atoms with Crippen molar-refractivity contribution in [2.24, 2.45) is 0 Å². The van der Waals surface area contributed by atoms with Gasteiger partial charge in [-0.05, 0) is 18.9 Å². The highest BCUT2D eigenvalue weighted by Crippen LogP contribution is 2.23. The summed E-state index contributed by atoms with van der Waals surface area (Å²) in [5.41, 5.74) is 0.827. The Morgan fingerprint density at radius 3 is 2.94 bits per heavy atom. The number of likely N-dealkylation sites (tertiary alicyclic amines) is 1. The van der Waals surface area contributed by atoms with Crippen LogP contribution in [0.25, 0.3) is 0 Å². The average molecular weight is 285 g/mol. The van der Waals surface area contributed by atoms with Crippen LogP contribution in [0.15, 0.2) is 16.7 Å². The second kappa shape index (κ2) is 6.24. The van der Waals surface area contributed by atoms with Gasteiger partial charge in [0, 0.05) is 24.4 Å². The number of furan rings is 1. The van der Waals surface area contributed by atoms with Crippen molar-refractivity contribution in [1.29, 1.82) is 0 Å². The van der Waals surface area contributed by atoms with Gasteiger partial charge in [0.25, 0.3) is 0 Å². The van der Waals surface area contributed by atoms with Gasteiger partial charge in [0.2, 0.25) is 5.76 Å². The van der Waals surface area contributed by atoms with E-state index in [0.29, 0.717) is 5.75 Å². The minimum absolute atomic E-state index is 0.272. The molecule has 0 aromatic carbocycles. The summed E-state index contributed by atoms with van der Waals surface area (Å²) in [4.78, 5) is 13.6. The van der Waals surface area contributed by atoms with E-state index in [9.17, 15) is 4.79 Å². The van der Waals surface area contributed by atoms with Crippen molar-refractivity contribution < 1.29 is 13.9 Å². The summed E-state index contributed by atoms with van der Waals surface area (Å²) in [5.74, 6) is 0.466. The fourth-order valence-corrected chi connectivity index (χ4v) is 3.08. The number of hydrogen-bond donors (Lipinski definition) is 0. The topological polar surface area (TPSA) is 42.7 Å². The first kappa shape index (κ1) is 13.4. The number of carbonyl (C=O) groups is 1. The van der Waals surface area contributed by atoms with Crippen LogP contribution in [0.1, 0.15) is 29.0 Å². The molecule has 0 bridgehead atoms. The minimum atomic E-state index is -0.442. The summed E-state index contributed by atoms with van der Waals surface area (Å²) in [7, 11) is 1.34. The highest BCUT2D eigenvalue weighted by Gasteiger charge is 2.19. The molecule has 1 fully saturated rings. The van der Waals surface area contributed by atoms with E-state index in [1.807, 2.05) is 0 Å². The van der Waals surface area contributed by atoms with Crippen molar-refractivity contribution in [2.45, 2.75) is 18.6 Å². The molecule has 1 aliphatic rings. The van der Waals surface area contributed by atoms with E-state index in [-0.39, 0.29) is 5.76 Å². The van der Waals surface area contributed by atoms with Gasteiger partial charge >= 0.3 is 5.97 Å². The first-order chi connectivity index (χ1) is 8.72. The fraction of sp³-hybridized carbons (Fsp3) is 0.500. The van der Waals surface area contributed by atoms with Crippen LogP contribution in [0.2, 0.25) is 0 Å². The third-order valence-corrected chi connectivity index (χ3v) is 4.41. The molecule has 4 nitrogen and oxygen atoms in total. The number of thiocarbonyl (C=S) groups is 1. The van der Waals surface area contributed by atoms with Gasteiger partial charge in [-0.25, -0.2) is 4.79 Å². The highest BCUT2D eigenvalue weighted by atomic mass is 32.2. The maximum absolute atomic E-state index is 11.4. The number of nitrogens with zero attached hydrogens (tertiary/aromatic N) is 1. The number of esters is 1. The van der Waals surface area contributed by atoms with Gasteiger partial charge in [-0.1, -0.05) is 24.0 Å². The first-order valence-electron chi connectivity index (χ1n) is 5.78. The molecular weight excluding hydrogens is 270 g/mol. The predicted molar refractivity (Wildman–Crippen MR) is 74.7 cm³/mol. The molecule has 2 rings (SSSR count). The quantitative estimate of drug-likeness (QED) is 0.628. The molecule has 6 heteroatoms. The van der Waals surface area contributed by atoms with E-state index < -0.39 is 5.97 Å². The second-order valence-electron chi connectivity index (χ2n) is 4.02. The first-order valence-corrected chi connectivity index (χ1v) is 7.18. The van der Waals surface area contributed by atoms with Gasteiger partial charge in [0.15, 0.2) is 0 Å². The fourth-order valence-electron chi connectivity index (χ4n) is 1.85. The molecule has 1 saturated heterocycles. The standard InChI is InChI=1S/C12H15NO3S2/c1-15-11(14)10-9(4-7-16-10)8-18-12(17)13-5-2-3-6-13/h4,7H,2-3,5-6,8H2,1H3. The second-order valence-corrected chi connectivity index (χ2v) is 5.62. The molecule has 1 aromatic rings. The van der Waals surface area contributed by atoms with Crippen LogP contribution in [-0.2, 0) is 10.5 Å². The summed E-state index contributed by atoms with van der Waals surface area (Å²) in [6, 6.07) is 1.78. The highest BCUT2D eigenvalue weighted by molar-refractivity contribution is 8.22. The summed E-state index contributed by atoms with van der Waals surface area (Å²) in [6.45, 7) is 2.09. The summed E-state index contributed by atoms with van der Waals surface area (Å²) in [5, 5.41) is 0. The number of carbonyl (C=O) groups excluding carboxylic acids is 1. The summed E-state index contributed by atoms with van der Waals surface area (Å²) >= 11 is 6.93. The van der Waals surface area contributed by atoms with Crippen LogP contribution in [0, 0.1) is 0 Å². The van der Waals surface area contributed by atoms with Crippen molar-refractivity contribution in [2.75, 3.05) is 20.2 Å². The lowest BCUT2D eigenvalue weighted by Gasteiger charge is -2.17. The van der Waals surface area contributed by atoms with Crippen LogP contribution >= 0.6 is 24.0 Å². The zero-order valence-corrected chi connectivity index (χ0v) is 11.8. The Labute approximate surface area is 116 Å². The van der Waals surface area contributed by atoms with Crippen LogP contribution in [0.5, 0.6) is 0 Å². The number of thioether (sulfide) groups is 1. The molecule has 2 heterocycles. The van der Waals surface area contributed by atoms with Gasteiger partial charge in [0.05, 0.1) is 13.4 Å². The molecule has 0 aliphatic carbocycles. The Bertz CT molecular complexity index is 438. The van der Waals surface area contributed by atoms with Gasteiger partial charge < -0.3 is 14.1 Å². The van der Waals surface area contributed by atoms with Crippen molar-refractivity contribution >= 4 is 34.3 Å². The van der Waals surface area contributed by atoms with Crippen molar-refractivity contribution in [3.8, 4) is 0 Å². The molecule has 98 valence electrons. The van der Waals surface area contributed by atoms with E-state index in [2.05, 4.69) is 9.64 Å². The van der Waals surface area contributed by atoms with E-state index in [1.165, 1.54) is 26.2 Å².